The van der Waals surface area contributed by atoms with Gasteiger partial charge in [-0.25, -0.2) is 9.97 Å². The van der Waals surface area contributed by atoms with Crippen molar-refractivity contribution in [3.63, 3.8) is 0 Å². The molecule has 0 unspecified atom stereocenters. The maximum Gasteiger partial charge on any atom is 0.163 e. The normalized spacial score (nSPS) is 18.0. The lowest BCUT2D eigenvalue weighted by molar-refractivity contribution is 0.100. The number of rotatable bonds is 3. The number of nitrogens with zero attached hydrogens (tertiary/aromatic N) is 6. The second-order valence-corrected chi connectivity index (χ2v) is 8.78. The summed E-state index contributed by atoms with van der Waals surface area (Å²) in [6.07, 6.45) is 7.63. The topological polar surface area (TPSA) is 70.3 Å². The molecule has 0 amide bonds. The van der Waals surface area contributed by atoms with Crippen molar-refractivity contribution in [2.75, 3.05) is 31.1 Å². The number of aryl methyl sites for hydroxylation is 1. The van der Waals surface area contributed by atoms with Crippen molar-refractivity contribution in [2.45, 2.75) is 25.3 Å². The molecule has 2 aromatic heterocycles. The number of phenols is 1. The van der Waals surface area contributed by atoms with E-state index in [9.17, 15) is 5.11 Å². The number of benzene rings is 2. The number of likely N-dealkylation sites (tertiary alicyclic amines) is 1. The van der Waals surface area contributed by atoms with Crippen LogP contribution >= 0.6 is 0 Å². The number of anilines is 1. The van der Waals surface area contributed by atoms with E-state index >= 15 is 0 Å². The standard InChI is InChI=1S/C24H26N6O/c1-28-15-17-12-20(23(31)13-22(17)27-28)24-25-14-16-11-19(3-4-21(16)26-24)30-9-5-18(6-10-30)29-7-2-8-29/h3-4,11-15,18,31H,2,5-10H2,1H3. The van der Waals surface area contributed by atoms with Gasteiger partial charge in [-0.05, 0) is 56.6 Å². The lowest BCUT2D eigenvalue weighted by Gasteiger charge is -2.43. The van der Waals surface area contributed by atoms with Gasteiger partial charge >= 0.3 is 0 Å². The molecule has 0 aliphatic carbocycles. The quantitative estimate of drug-likeness (QED) is 0.553. The zero-order valence-corrected chi connectivity index (χ0v) is 17.7. The molecule has 0 spiro atoms. The Hall–Kier alpha value is -3.19. The lowest BCUT2D eigenvalue weighted by Crippen LogP contribution is -2.50. The van der Waals surface area contributed by atoms with Gasteiger partial charge in [0.15, 0.2) is 5.82 Å². The highest BCUT2D eigenvalue weighted by Crippen LogP contribution is 2.32. The summed E-state index contributed by atoms with van der Waals surface area (Å²) in [5.41, 5.74) is 3.51. The second-order valence-electron chi connectivity index (χ2n) is 8.78. The molecular weight excluding hydrogens is 388 g/mol. The van der Waals surface area contributed by atoms with E-state index in [1.807, 2.05) is 25.5 Å². The lowest BCUT2D eigenvalue weighted by atomic mass is 9.99. The maximum absolute atomic E-state index is 10.5. The highest BCUT2D eigenvalue weighted by atomic mass is 16.3. The number of aromatic nitrogens is 4. The monoisotopic (exact) mass is 414 g/mol. The zero-order valence-electron chi connectivity index (χ0n) is 17.7. The smallest absolute Gasteiger partial charge is 0.163 e. The Morgan fingerprint density at radius 2 is 1.81 bits per heavy atom. The molecule has 0 radical (unpaired) electrons. The van der Waals surface area contributed by atoms with Crippen LogP contribution in [0.1, 0.15) is 19.3 Å². The molecular formula is C24H26N6O. The average Bonchev–Trinajstić information content (AvgIpc) is 3.10. The SMILES string of the molecule is Cn1cc2cc(-c3ncc4cc(N5CCC(N6CCC6)CC5)ccc4n3)c(O)cc2n1. The van der Waals surface area contributed by atoms with E-state index in [2.05, 4.69) is 38.1 Å². The molecule has 2 fully saturated rings. The van der Waals surface area contributed by atoms with Gasteiger partial charge in [-0.3, -0.25) is 4.68 Å². The van der Waals surface area contributed by atoms with Crippen molar-refractivity contribution in [1.82, 2.24) is 24.6 Å². The van der Waals surface area contributed by atoms with Crippen LogP contribution in [0.4, 0.5) is 5.69 Å². The van der Waals surface area contributed by atoms with Gasteiger partial charge in [0.25, 0.3) is 0 Å². The Balaban J connectivity index is 1.27. The second kappa shape index (κ2) is 7.20. The first-order valence-electron chi connectivity index (χ1n) is 11.1. The summed E-state index contributed by atoms with van der Waals surface area (Å²) >= 11 is 0. The van der Waals surface area contributed by atoms with Crippen LogP contribution in [-0.4, -0.2) is 62.0 Å². The van der Waals surface area contributed by atoms with Gasteiger partial charge in [-0.15, -0.1) is 0 Å². The summed E-state index contributed by atoms with van der Waals surface area (Å²) in [5.74, 6) is 0.672. The minimum absolute atomic E-state index is 0.146. The molecule has 1 N–H and O–H groups in total. The van der Waals surface area contributed by atoms with Crippen molar-refractivity contribution >= 4 is 27.5 Å². The summed E-state index contributed by atoms with van der Waals surface area (Å²) < 4.78 is 1.74. The van der Waals surface area contributed by atoms with Crippen molar-refractivity contribution < 1.29 is 5.11 Å². The molecule has 7 heteroatoms. The third kappa shape index (κ3) is 3.29. The third-order valence-electron chi connectivity index (χ3n) is 6.78. The fourth-order valence-electron chi connectivity index (χ4n) is 4.91. The third-order valence-corrected chi connectivity index (χ3v) is 6.78. The van der Waals surface area contributed by atoms with Crippen LogP contribution in [0.25, 0.3) is 33.2 Å². The molecule has 0 saturated carbocycles. The summed E-state index contributed by atoms with van der Waals surface area (Å²) in [5, 5.41) is 16.8. The van der Waals surface area contributed by atoms with E-state index < -0.39 is 0 Å². The summed E-state index contributed by atoms with van der Waals surface area (Å²) in [6, 6.07) is 10.7. The van der Waals surface area contributed by atoms with E-state index in [4.69, 9.17) is 4.98 Å². The van der Waals surface area contributed by atoms with Crippen LogP contribution in [0.5, 0.6) is 5.75 Å². The Kier molecular flexibility index (Phi) is 4.31. The van der Waals surface area contributed by atoms with Crippen molar-refractivity contribution in [2.24, 2.45) is 7.05 Å². The Labute approximate surface area is 180 Å². The van der Waals surface area contributed by atoms with Gasteiger partial charge in [0.2, 0.25) is 0 Å². The predicted octanol–water partition coefficient (Wildman–Crippen LogP) is 3.56. The molecule has 2 saturated heterocycles. The number of phenolic OH excluding ortho intramolecular Hbond substituents is 1. The number of hydrogen-bond donors (Lipinski definition) is 1. The van der Waals surface area contributed by atoms with Crippen LogP contribution < -0.4 is 4.90 Å². The Morgan fingerprint density at radius 3 is 2.58 bits per heavy atom. The average molecular weight is 415 g/mol. The minimum Gasteiger partial charge on any atom is -0.507 e. The number of aromatic hydroxyl groups is 1. The van der Waals surface area contributed by atoms with Crippen LogP contribution in [0.3, 0.4) is 0 Å². The molecule has 4 heterocycles. The predicted molar refractivity (Wildman–Crippen MR) is 122 cm³/mol. The summed E-state index contributed by atoms with van der Waals surface area (Å²) in [4.78, 5) is 14.4. The van der Waals surface area contributed by atoms with Gasteiger partial charge in [0, 0.05) is 61.1 Å². The Morgan fingerprint density at radius 1 is 0.968 bits per heavy atom. The van der Waals surface area contributed by atoms with E-state index in [1.54, 1.807) is 10.7 Å². The highest BCUT2D eigenvalue weighted by molar-refractivity contribution is 5.88. The number of hydrogen-bond acceptors (Lipinski definition) is 6. The first-order chi connectivity index (χ1) is 15.1. The van der Waals surface area contributed by atoms with Crippen LogP contribution in [0, 0.1) is 0 Å². The van der Waals surface area contributed by atoms with Crippen LogP contribution in [0.15, 0.2) is 42.7 Å². The molecule has 31 heavy (non-hydrogen) atoms. The molecule has 158 valence electrons. The number of fused-ring (bicyclic) bond motifs is 2. The van der Waals surface area contributed by atoms with Gasteiger partial charge in [0.1, 0.15) is 5.75 Å². The maximum atomic E-state index is 10.5. The molecule has 2 aromatic carbocycles. The highest BCUT2D eigenvalue weighted by Gasteiger charge is 2.28. The van der Waals surface area contributed by atoms with Crippen LogP contribution in [0.2, 0.25) is 0 Å². The minimum atomic E-state index is 0.146. The van der Waals surface area contributed by atoms with Crippen molar-refractivity contribution in [3.8, 4) is 17.1 Å². The van der Waals surface area contributed by atoms with Gasteiger partial charge in [0.05, 0.1) is 16.6 Å². The molecule has 2 aliphatic heterocycles. The van der Waals surface area contributed by atoms with Gasteiger partial charge in [-0.1, -0.05) is 0 Å². The van der Waals surface area contributed by atoms with E-state index in [0.717, 1.165) is 40.9 Å². The van der Waals surface area contributed by atoms with E-state index in [1.165, 1.54) is 38.0 Å². The summed E-state index contributed by atoms with van der Waals surface area (Å²) in [6.45, 7) is 4.77. The molecule has 7 nitrogen and oxygen atoms in total. The fraction of sp³-hybridized carbons (Fsp3) is 0.375. The first-order valence-corrected chi connectivity index (χ1v) is 11.1. The van der Waals surface area contributed by atoms with E-state index in [-0.39, 0.29) is 5.75 Å². The molecule has 4 aromatic rings. The van der Waals surface area contributed by atoms with Crippen molar-refractivity contribution in [3.05, 3.63) is 42.7 Å². The van der Waals surface area contributed by atoms with Gasteiger partial charge < -0.3 is 14.9 Å². The van der Waals surface area contributed by atoms with Gasteiger partial charge in [-0.2, -0.15) is 5.10 Å². The van der Waals surface area contributed by atoms with E-state index in [0.29, 0.717) is 11.4 Å². The van der Waals surface area contributed by atoms with Crippen molar-refractivity contribution in [1.29, 1.82) is 0 Å². The Bertz CT molecular complexity index is 1270. The molecule has 0 bridgehead atoms. The first kappa shape index (κ1) is 18.6. The van der Waals surface area contributed by atoms with Crippen LogP contribution in [-0.2, 0) is 7.05 Å². The fourth-order valence-corrected chi connectivity index (χ4v) is 4.91. The molecule has 6 rings (SSSR count). The number of piperidine rings is 1. The zero-order chi connectivity index (χ0) is 20.9. The summed E-state index contributed by atoms with van der Waals surface area (Å²) in [7, 11) is 1.87. The largest absolute Gasteiger partial charge is 0.507 e. The molecule has 0 atom stereocenters. The molecule has 2 aliphatic rings.